The maximum atomic E-state index is 12.2. The molecule has 10 nitrogen and oxygen atoms in total. The van der Waals surface area contributed by atoms with Crippen molar-refractivity contribution < 1.29 is 13.2 Å². The summed E-state index contributed by atoms with van der Waals surface area (Å²) in [6, 6.07) is 6.96. The molecule has 0 spiro atoms. The van der Waals surface area contributed by atoms with Crippen molar-refractivity contribution in [2.24, 2.45) is 14.1 Å². The molecular weight excluding hydrogens is 466 g/mol. The molecule has 33 heavy (non-hydrogen) atoms. The van der Waals surface area contributed by atoms with E-state index in [1.807, 2.05) is 12.3 Å². The Kier molecular flexibility index (Phi) is 8.14. The zero-order valence-electron chi connectivity index (χ0n) is 19.4. The lowest BCUT2D eigenvalue weighted by Gasteiger charge is -2.36. The average Bonchev–Trinajstić information content (AvgIpc) is 2.78. The number of ether oxygens (including phenoxy) is 1. The van der Waals surface area contributed by atoms with Crippen LogP contribution in [0.5, 0.6) is 5.75 Å². The molecular formula is C21H31N5O5S2. The number of anilines is 2. The van der Waals surface area contributed by atoms with Crippen molar-refractivity contribution in [2.45, 2.75) is 11.3 Å². The van der Waals surface area contributed by atoms with Crippen LogP contribution < -0.4 is 25.6 Å². The van der Waals surface area contributed by atoms with Gasteiger partial charge in [-0.1, -0.05) is 0 Å². The van der Waals surface area contributed by atoms with Gasteiger partial charge in [-0.05, 0) is 30.9 Å². The quantitative estimate of drug-likeness (QED) is 0.400. The van der Waals surface area contributed by atoms with Crippen molar-refractivity contribution >= 4 is 33.3 Å². The maximum absolute atomic E-state index is 12.2. The van der Waals surface area contributed by atoms with Crippen LogP contribution >= 0.6 is 11.8 Å². The van der Waals surface area contributed by atoms with Gasteiger partial charge in [-0.3, -0.25) is 23.6 Å². The third kappa shape index (κ3) is 6.55. The van der Waals surface area contributed by atoms with Gasteiger partial charge in [0.05, 0.1) is 18.6 Å². The molecule has 1 aromatic carbocycles. The number of nitrogens with one attached hydrogen (secondary N) is 1. The topological polar surface area (TPSA) is 106 Å². The average molecular weight is 498 g/mol. The number of aromatic nitrogens is 2. The van der Waals surface area contributed by atoms with Crippen LogP contribution in [-0.4, -0.2) is 74.3 Å². The molecule has 12 heteroatoms. The Morgan fingerprint density at radius 2 is 1.76 bits per heavy atom. The third-order valence-electron chi connectivity index (χ3n) is 5.56. The molecule has 1 N–H and O–H groups in total. The fourth-order valence-electron chi connectivity index (χ4n) is 3.74. The van der Waals surface area contributed by atoms with Crippen molar-refractivity contribution in [2.75, 3.05) is 61.5 Å². The zero-order valence-corrected chi connectivity index (χ0v) is 21.0. The SMILES string of the molecule is CSc1ccc(OCCCN2CCN(c3cc(=O)n(C)c(=O)n3C)CC2)c(NS(C)(=O)=O)c1. The van der Waals surface area contributed by atoms with Crippen LogP contribution in [0.1, 0.15) is 6.42 Å². The second kappa shape index (κ2) is 10.7. The summed E-state index contributed by atoms with van der Waals surface area (Å²) in [4.78, 5) is 29.5. The number of hydrogen-bond acceptors (Lipinski definition) is 8. The summed E-state index contributed by atoms with van der Waals surface area (Å²) in [5.41, 5.74) is -0.187. The molecule has 1 aliphatic rings. The lowest BCUT2D eigenvalue weighted by molar-refractivity contribution is 0.224. The number of sulfonamides is 1. The summed E-state index contributed by atoms with van der Waals surface area (Å²) in [7, 11) is -0.248. The Labute approximate surface area is 198 Å². The molecule has 0 atom stereocenters. The van der Waals surface area contributed by atoms with Gasteiger partial charge >= 0.3 is 5.69 Å². The fraction of sp³-hybridized carbons (Fsp3) is 0.524. The molecule has 3 rings (SSSR count). The normalized spacial score (nSPS) is 15.0. The van der Waals surface area contributed by atoms with E-state index in [1.54, 1.807) is 19.2 Å². The highest BCUT2D eigenvalue weighted by Gasteiger charge is 2.20. The standard InChI is InChI=1S/C21H31N5O5S2/c1-23-19(15-20(27)24(2)21(23)28)26-11-9-25(10-12-26)8-5-13-31-18-7-6-16(32-3)14-17(18)22-33(4,29)30/h6-7,14-15,22H,5,8-13H2,1-4H3. The van der Waals surface area contributed by atoms with E-state index in [-0.39, 0.29) is 11.2 Å². The summed E-state index contributed by atoms with van der Waals surface area (Å²) in [6.45, 7) is 4.36. The molecule has 0 unspecified atom stereocenters. The van der Waals surface area contributed by atoms with Gasteiger partial charge in [-0.15, -0.1) is 11.8 Å². The number of hydrogen-bond donors (Lipinski definition) is 1. The van der Waals surface area contributed by atoms with Crippen LogP contribution in [0.2, 0.25) is 0 Å². The Balaban J connectivity index is 1.51. The number of rotatable bonds is 9. The van der Waals surface area contributed by atoms with E-state index in [0.717, 1.165) is 54.9 Å². The maximum Gasteiger partial charge on any atom is 0.332 e. The van der Waals surface area contributed by atoms with Gasteiger partial charge in [-0.25, -0.2) is 13.2 Å². The van der Waals surface area contributed by atoms with Gasteiger partial charge in [-0.2, -0.15) is 0 Å². The van der Waals surface area contributed by atoms with Crippen LogP contribution in [0.25, 0.3) is 0 Å². The summed E-state index contributed by atoms with van der Waals surface area (Å²) in [6.07, 6.45) is 3.83. The van der Waals surface area contributed by atoms with Crippen molar-refractivity contribution in [3.05, 3.63) is 45.1 Å². The third-order valence-corrected chi connectivity index (χ3v) is 6.87. The Morgan fingerprint density at radius 3 is 2.39 bits per heavy atom. The molecule has 0 radical (unpaired) electrons. The van der Waals surface area contributed by atoms with Crippen LogP contribution in [0, 0.1) is 0 Å². The first-order chi connectivity index (χ1) is 15.6. The van der Waals surface area contributed by atoms with E-state index >= 15 is 0 Å². The first-order valence-corrected chi connectivity index (χ1v) is 13.7. The second-order valence-corrected chi connectivity index (χ2v) is 10.6. The van der Waals surface area contributed by atoms with E-state index in [4.69, 9.17) is 4.74 Å². The van der Waals surface area contributed by atoms with Gasteiger partial charge in [0.1, 0.15) is 11.6 Å². The zero-order chi connectivity index (χ0) is 24.2. The molecule has 0 bridgehead atoms. The van der Waals surface area contributed by atoms with Crippen molar-refractivity contribution in [1.29, 1.82) is 0 Å². The molecule has 0 saturated carbocycles. The lowest BCUT2D eigenvalue weighted by Crippen LogP contribution is -2.49. The summed E-state index contributed by atoms with van der Waals surface area (Å²) in [5.74, 6) is 1.15. The highest BCUT2D eigenvalue weighted by atomic mass is 32.2. The van der Waals surface area contributed by atoms with Gasteiger partial charge in [0.25, 0.3) is 5.56 Å². The molecule has 182 valence electrons. The van der Waals surface area contributed by atoms with E-state index in [0.29, 0.717) is 23.9 Å². The molecule has 1 aliphatic heterocycles. The van der Waals surface area contributed by atoms with Gasteiger partial charge in [0.15, 0.2) is 0 Å². The molecule has 0 aliphatic carbocycles. The minimum absolute atomic E-state index is 0.303. The van der Waals surface area contributed by atoms with Crippen molar-refractivity contribution in [1.82, 2.24) is 14.0 Å². The summed E-state index contributed by atoms with van der Waals surface area (Å²) >= 11 is 1.53. The van der Waals surface area contributed by atoms with Gasteiger partial charge < -0.3 is 9.64 Å². The highest BCUT2D eigenvalue weighted by molar-refractivity contribution is 7.98. The monoisotopic (exact) mass is 497 g/mol. The molecule has 1 fully saturated rings. The molecule has 1 saturated heterocycles. The first-order valence-electron chi connectivity index (χ1n) is 10.6. The van der Waals surface area contributed by atoms with E-state index < -0.39 is 10.0 Å². The predicted octanol–water partition coefficient (Wildman–Crippen LogP) is 0.769. The number of piperazine rings is 1. The largest absolute Gasteiger partial charge is 0.491 e. The second-order valence-electron chi connectivity index (χ2n) is 8.01. The van der Waals surface area contributed by atoms with Crippen LogP contribution in [-0.2, 0) is 24.1 Å². The first kappa shape index (κ1) is 25.2. The van der Waals surface area contributed by atoms with Crippen LogP contribution in [0.3, 0.4) is 0 Å². The molecule has 2 heterocycles. The van der Waals surface area contributed by atoms with Gasteiger partial charge in [0, 0.05) is 57.8 Å². The fourth-order valence-corrected chi connectivity index (χ4v) is 4.74. The molecule has 1 aromatic heterocycles. The smallest absolute Gasteiger partial charge is 0.332 e. The minimum Gasteiger partial charge on any atom is -0.491 e. The Hall–Kier alpha value is -2.44. The van der Waals surface area contributed by atoms with Gasteiger partial charge in [0.2, 0.25) is 10.0 Å². The van der Waals surface area contributed by atoms with E-state index in [2.05, 4.69) is 14.5 Å². The van der Waals surface area contributed by atoms with Crippen molar-refractivity contribution in [3.8, 4) is 5.75 Å². The minimum atomic E-state index is -3.41. The molecule has 2 aromatic rings. The summed E-state index contributed by atoms with van der Waals surface area (Å²) < 4.78 is 34.3. The highest BCUT2D eigenvalue weighted by Crippen LogP contribution is 2.30. The summed E-state index contributed by atoms with van der Waals surface area (Å²) in [5, 5.41) is 0. The Bertz CT molecular complexity index is 1200. The van der Waals surface area contributed by atoms with Crippen LogP contribution in [0.4, 0.5) is 11.5 Å². The Morgan fingerprint density at radius 1 is 1.06 bits per heavy atom. The molecule has 0 amide bonds. The number of thioether (sulfide) groups is 1. The van der Waals surface area contributed by atoms with Crippen LogP contribution in [0.15, 0.2) is 38.8 Å². The van der Waals surface area contributed by atoms with Crippen molar-refractivity contribution in [3.63, 3.8) is 0 Å². The number of nitrogens with zero attached hydrogens (tertiary/aromatic N) is 4. The predicted molar refractivity (Wildman–Crippen MR) is 132 cm³/mol. The lowest BCUT2D eigenvalue weighted by atomic mass is 10.2. The van der Waals surface area contributed by atoms with E-state index in [9.17, 15) is 18.0 Å². The number of benzene rings is 1. The van der Waals surface area contributed by atoms with E-state index in [1.165, 1.54) is 29.4 Å².